The van der Waals surface area contributed by atoms with Crippen molar-refractivity contribution in [3.63, 3.8) is 0 Å². The molecular weight excluding hydrogens is 384 g/mol. The Labute approximate surface area is 173 Å². The number of hydrogen-bond donors (Lipinski definition) is 1. The average Bonchev–Trinajstić information content (AvgIpc) is 3.09. The van der Waals surface area contributed by atoms with Crippen LogP contribution in [0.2, 0.25) is 0 Å². The van der Waals surface area contributed by atoms with Gasteiger partial charge >= 0.3 is 5.76 Å². The number of para-hydroxylation sites is 3. The molecular formula is C22H24N4O4. The summed E-state index contributed by atoms with van der Waals surface area (Å²) in [7, 11) is 0. The van der Waals surface area contributed by atoms with Gasteiger partial charge in [-0.15, -0.1) is 0 Å². The van der Waals surface area contributed by atoms with Crippen molar-refractivity contribution < 1.29 is 14.0 Å². The Hall–Kier alpha value is -3.55. The van der Waals surface area contributed by atoms with Gasteiger partial charge in [-0.3, -0.25) is 14.2 Å². The molecule has 1 saturated heterocycles. The summed E-state index contributed by atoms with van der Waals surface area (Å²) in [6.07, 6.45) is 0.234. The molecule has 0 radical (unpaired) electrons. The van der Waals surface area contributed by atoms with Gasteiger partial charge in [0.1, 0.15) is 6.54 Å². The first-order valence-electron chi connectivity index (χ1n) is 10.0. The zero-order valence-electron chi connectivity index (χ0n) is 16.6. The fourth-order valence-corrected chi connectivity index (χ4v) is 3.68. The van der Waals surface area contributed by atoms with Crippen molar-refractivity contribution in [1.29, 1.82) is 0 Å². The number of amides is 2. The first-order valence-corrected chi connectivity index (χ1v) is 10.0. The molecule has 0 bridgehead atoms. The average molecular weight is 408 g/mol. The summed E-state index contributed by atoms with van der Waals surface area (Å²) in [5.41, 5.74) is 2.18. The molecule has 2 amide bonds. The minimum absolute atomic E-state index is 0.0222. The second-order valence-electron chi connectivity index (χ2n) is 7.23. The molecule has 2 aromatic carbocycles. The summed E-state index contributed by atoms with van der Waals surface area (Å²) in [5, 5.41) is 2.72. The van der Waals surface area contributed by atoms with Gasteiger partial charge in [-0.2, -0.15) is 0 Å². The molecule has 0 spiro atoms. The molecule has 0 unspecified atom stereocenters. The third-order valence-electron chi connectivity index (χ3n) is 5.29. The van der Waals surface area contributed by atoms with Gasteiger partial charge < -0.3 is 19.5 Å². The third-order valence-corrected chi connectivity index (χ3v) is 5.29. The summed E-state index contributed by atoms with van der Waals surface area (Å²) in [4.78, 5) is 40.7. The maximum absolute atomic E-state index is 12.5. The van der Waals surface area contributed by atoms with Crippen LogP contribution in [0.3, 0.4) is 0 Å². The molecule has 1 aliphatic heterocycles. The SMILES string of the molecule is O=C(Cn1c(=O)oc2ccccc21)NCCC(=O)N1CCN(c2ccccc2)CC1. The molecule has 0 atom stereocenters. The highest BCUT2D eigenvalue weighted by atomic mass is 16.4. The van der Waals surface area contributed by atoms with E-state index in [2.05, 4.69) is 22.3 Å². The zero-order chi connectivity index (χ0) is 20.9. The molecule has 4 rings (SSSR count). The van der Waals surface area contributed by atoms with Gasteiger partial charge in [0.05, 0.1) is 5.52 Å². The summed E-state index contributed by atoms with van der Waals surface area (Å²) < 4.78 is 6.41. The quantitative estimate of drug-likeness (QED) is 0.667. The highest BCUT2D eigenvalue weighted by Gasteiger charge is 2.21. The third kappa shape index (κ3) is 4.37. The Morgan fingerprint density at radius 1 is 0.933 bits per heavy atom. The van der Waals surface area contributed by atoms with Crippen LogP contribution < -0.4 is 16.0 Å². The molecule has 1 fully saturated rings. The molecule has 1 aliphatic rings. The number of benzene rings is 2. The van der Waals surface area contributed by atoms with Crippen molar-refractivity contribution in [2.24, 2.45) is 0 Å². The fourth-order valence-electron chi connectivity index (χ4n) is 3.68. The lowest BCUT2D eigenvalue weighted by Gasteiger charge is -2.36. The minimum atomic E-state index is -0.571. The van der Waals surface area contributed by atoms with Gasteiger partial charge in [0.2, 0.25) is 11.8 Å². The van der Waals surface area contributed by atoms with Gasteiger partial charge in [0, 0.05) is 44.8 Å². The monoisotopic (exact) mass is 408 g/mol. The normalized spacial score (nSPS) is 14.1. The maximum Gasteiger partial charge on any atom is 0.420 e. The first kappa shape index (κ1) is 19.8. The van der Waals surface area contributed by atoms with E-state index in [0.717, 1.165) is 13.1 Å². The van der Waals surface area contributed by atoms with Crippen LogP contribution in [-0.4, -0.2) is 54.0 Å². The van der Waals surface area contributed by atoms with E-state index in [9.17, 15) is 14.4 Å². The molecule has 8 heteroatoms. The van der Waals surface area contributed by atoms with Crippen LogP contribution >= 0.6 is 0 Å². The van der Waals surface area contributed by atoms with Gasteiger partial charge in [-0.25, -0.2) is 4.79 Å². The van der Waals surface area contributed by atoms with Gasteiger partial charge in [0.15, 0.2) is 5.58 Å². The lowest BCUT2D eigenvalue weighted by molar-refractivity contribution is -0.131. The Kier molecular flexibility index (Phi) is 5.83. The molecule has 0 aliphatic carbocycles. The Morgan fingerprint density at radius 3 is 2.40 bits per heavy atom. The van der Waals surface area contributed by atoms with E-state index in [1.807, 2.05) is 23.1 Å². The van der Waals surface area contributed by atoms with E-state index in [4.69, 9.17) is 4.42 Å². The molecule has 0 saturated carbocycles. The number of nitrogens with one attached hydrogen (secondary N) is 1. The highest BCUT2D eigenvalue weighted by molar-refractivity contribution is 5.81. The number of hydrogen-bond acceptors (Lipinski definition) is 5. The topological polar surface area (TPSA) is 87.8 Å². The lowest BCUT2D eigenvalue weighted by Crippen LogP contribution is -2.49. The van der Waals surface area contributed by atoms with E-state index < -0.39 is 5.76 Å². The van der Waals surface area contributed by atoms with Crippen LogP contribution in [-0.2, 0) is 16.1 Å². The Morgan fingerprint density at radius 2 is 1.63 bits per heavy atom. The van der Waals surface area contributed by atoms with Gasteiger partial charge in [-0.05, 0) is 24.3 Å². The fraction of sp³-hybridized carbons (Fsp3) is 0.318. The standard InChI is InChI=1S/C22H24N4O4/c27-20(16-26-18-8-4-5-9-19(18)30-22(26)29)23-11-10-21(28)25-14-12-24(13-15-25)17-6-2-1-3-7-17/h1-9H,10-16H2,(H,23,27). The van der Waals surface area contributed by atoms with Crippen LogP contribution in [0.25, 0.3) is 11.1 Å². The number of fused-ring (bicyclic) bond motifs is 1. The molecule has 1 aromatic heterocycles. The number of rotatable bonds is 6. The Balaban J connectivity index is 1.22. The summed E-state index contributed by atoms with van der Waals surface area (Å²) >= 11 is 0. The summed E-state index contributed by atoms with van der Waals surface area (Å²) in [5.74, 6) is -0.877. The van der Waals surface area contributed by atoms with Crippen molar-refractivity contribution in [1.82, 2.24) is 14.8 Å². The number of nitrogens with zero attached hydrogens (tertiary/aromatic N) is 3. The van der Waals surface area contributed by atoms with Gasteiger partial charge in [-0.1, -0.05) is 30.3 Å². The molecule has 8 nitrogen and oxygen atoms in total. The number of aromatic nitrogens is 1. The molecule has 156 valence electrons. The maximum atomic E-state index is 12.5. The van der Waals surface area contributed by atoms with Crippen LogP contribution in [0, 0.1) is 0 Å². The van der Waals surface area contributed by atoms with E-state index in [1.54, 1.807) is 24.3 Å². The summed E-state index contributed by atoms with van der Waals surface area (Å²) in [6, 6.07) is 17.1. The number of carbonyl (C=O) groups is 2. The van der Waals surface area contributed by atoms with Crippen molar-refractivity contribution in [3.05, 3.63) is 65.1 Å². The van der Waals surface area contributed by atoms with Crippen LogP contribution in [0.15, 0.2) is 63.8 Å². The van der Waals surface area contributed by atoms with E-state index in [1.165, 1.54) is 10.3 Å². The molecule has 2 heterocycles. The number of oxazole rings is 1. The smallest absolute Gasteiger partial charge is 0.408 e. The summed E-state index contributed by atoms with van der Waals surface area (Å²) in [6.45, 7) is 3.01. The molecule has 3 aromatic rings. The van der Waals surface area contributed by atoms with Crippen molar-refractivity contribution >= 4 is 28.6 Å². The van der Waals surface area contributed by atoms with Crippen molar-refractivity contribution in [2.45, 2.75) is 13.0 Å². The zero-order valence-corrected chi connectivity index (χ0v) is 16.6. The minimum Gasteiger partial charge on any atom is -0.408 e. The second kappa shape index (κ2) is 8.86. The first-order chi connectivity index (χ1) is 14.6. The predicted molar refractivity (Wildman–Crippen MR) is 113 cm³/mol. The largest absolute Gasteiger partial charge is 0.420 e. The molecule has 30 heavy (non-hydrogen) atoms. The number of carbonyl (C=O) groups excluding carboxylic acids is 2. The Bertz CT molecular complexity index is 1080. The van der Waals surface area contributed by atoms with Crippen LogP contribution in [0.1, 0.15) is 6.42 Å². The predicted octanol–water partition coefficient (Wildman–Crippen LogP) is 1.45. The van der Waals surface area contributed by atoms with E-state index >= 15 is 0 Å². The van der Waals surface area contributed by atoms with Crippen molar-refractivity contribution in [2.75, 3.05) is 37.6 Å². The lowest BCUT2D eigenvalue weighted by atomic mass is 10.2. The second-order valence-corrected chi connectivity index (χ2v) is 7.23. The van der Waals surface area contributed by atoms with Crippen LogP contribution in [0.4, 0.5) is 5.69 Å². The van der Waals surface area contributed by atoms with Crippen LogP contribution in [0.5, 0.6) is 0 Å². The number of piperazine rings is 1. The highest BCUT2D eigenvalue weighted by Crippen LogP contribution is 2.16. The number of anilines is 1. The van der Waals surface area contributed by atoms with Crippen molar-refractivity contribution in [3.8, 4) is 0 Å². The molecule has 1 N–H and O–H groups in total. The van der Waals surface area contributed by atoms with E-state index in [-0.39, 0.29) is 31.3 Å². The van der Waals surface area contributed by atoms with E-state index in [0.29, 0.717) is 24.2 Å². The van der Waals surface area contributed by atoms with Gasteiger partial charge in [0.25, 0.3) is 0 Å².